The topological polar surface area (TPSA) is 0 Å². The van der Waals surface area contributed by atoms with E-state index in [4.69, 9.17) is 0 Å². The van der Waals surface area contributed by atoms with Crippen LogP contribution in [0, 0.1) is 41.4 Å². The molecule has 0 radical (unpaired) electrons. The number of hydrogen-bond acceptors (Lipinski definition) is 0. The molecule has 0 aliphatic carbocycles. The summed E-state index contributed by atoms with van der Waals surface area (Å²) in [5.74, 6) is 3.28. The molecule has 0 unspecified atom stereocenters. The zero-order chi connectivity index (χ0) is 31.0. The molecule has 0 heteroatoms. The van der Waals surface area contributed by atoms with Crippen LogP contribution in [0.5, 0.6) is 0 Å². The maximum Gasteiger partial charge on any atom is 0.0921 e. The molecular weight excluding hydrogens is 468 g/mol. The molecule has 0 spiro atoms. The molecule has 0 aromatic rings. The third kappa shape index (κ3) is 38.0. The van der Waals surface area contributed by atoms with E-state index in [9.17, 15) is 0 Å². The number of rotatable bonds is 13. The molecule has 0 nitrogen and oxygen atoms in total. The van der Waals surface area contributed by atoms with Gasteiger partial charge in [-0.1, -0.05) is 154 Å². The first-order valence-electron chi connectivity index (χ1n) is 15.1. The van der Waals surface area contributed by atoms with Crippen molar-refractivity contribution in [2.75, 3.05) is 0 Å². The number of hydrogen-bond donors (Lipinski definition) is 0. The molecular formula is C39H67+. The Morgan fingerprint density at radius 1 is 0.667 bits per heavy atom. The molecule has 0 fully saturated rings. The lowest BCUT2D eigenvalue weighted by molar-refractivity contribution is 0.475. The van der Waals surface area contributed by atoms with Crippen LogP contribution in [0.15, 0.2) is 96.2 Å². The quantitative estimate of drug-likeness (QED) is 0.125. The van der Waals surface area contributed by atoms with E-state index in [1.165, 1.54) is 16.7 Å². The highest BCUT2D eigenvalue weighted by Gasteiger charge is 2.18. The smallest absolute Gasteiger partial charge is 0.0921 e. The average molecular weight is 536 g/mol. The van der Waals surface area contributed by atoms with E-state index >= 15 is 0 Å². The molecule has 0 N–H and O–H groups in total. The van der Waals surface area contributed by atoms with Gasteiger partial charge >= 0.3 is 0 Å². The van der Waals surface area contributed by atoms with Gasteiger partial charge in [-0.05, 0) is 51.4 Å². The first kappa shape index (κ1) is 41.3. The van der Waals surface area contributed by atoms with Gasteiger partial charge in [-0.25, -0.2) is 0 Å². The molecule has 0 heterocycles. The maximum absolute atomic E-state index is 3.62. The predicted octanol–water partition coefficient (Wildman–Crippen LogP) is 13.1. The second-order valence-electron chi connectivity index (χ2n) is 13.1. The fraction of sp³-hybridized carbons (Fsp3) is 0.564. The van der Waals surface area contributed by atoms with E-state index in [0.29, 0.717) is 29.6 Å². The van der Waals surface area contributed by atoms with Crippen LogP contribution in [0.2, 0.25) is 0 Å². The van der Waals surface area contributed by atoms with Crippen LogP contribution in [0.1, 0.15) is 110 Å². The van der Waals surface area contributed by atoms with E-state index in [1.807, 2.05) is 6.08 Å². The highest BCUT2D eigenvalue weighted by Crippen LogP contribution is 2.27. The summed E-state index contributed by atoms with van der Waals surface area (Å²) in [5, 5.41) is 0. The zero-order valence-electron chi connectivity index (χ0n) is 28.8. The highest BCUT2D eigenvalue weighted by molar-refractivity contribution is 5.23. The zero-order valence-corrected chi connectivity index (χ0v) is 28.8. The van der Waals surface area contributed by atoms with Crippen LogP contribution in [-0.4, -0.2) is 0 Å². The van der Waals surface area contributed by atoms with Crippen molar-refractivity contribution in [3.05, 3.63) is 103 Å². The van der Waals surface area contributed by atoms with Crippen LogP contribution in [0.4, 0.5) is 0 Å². The fourth-order valence-corrected chi connectivity index (χ4v) is 3.08. The van der Waals surface area contributed by atoms with Crippen LogP contribution in [-0.2, 0) is 0 Å². The Labute approximate surface area is 247 Å². The lowest BCUT2D eigenvalue weighted by atomic mass is 9.85. The lowest BCUT2D eigenvalue weighted by Crippen LogP contribution is -2.07. The van der Waals surface area contributed by atoms with E-state index in [-0.39, 0.29) is 5.41 Å². The lowest BCUT2D eigenvalue weighted by Gasteiger charge is -2.17. The fourth-order valence-electron chi connectivity index (χ4n) is 3.08. The maximum atomic E-state index is 3.62. The van der Waals surface area contributed by atoms with Crippen molar-refractivity contribution in [2.24, 2.45) is 35.0 Å². The predicted molar refractivity (Wildman–Crippen MR) is 185 cm³/mol. The Morgan fingerprint density at radius 3 is 1.44 bits per heavy atom. The second-order valence-corrected chi connectivity index (χ2v) is 13.1. The van der Waals surface area contributed by atoms with Crippen molar-refractivity contribution in [2.45, 2.75) is 110 Å². The van der Waals surface area contributed by atoms with E-state index in [0.717, 1.165) is 6.42 Å². The van der Waals surface area contributed by atoms with Gasteiger partial charge in [-0.15, -0.1) is 0 Å². The van der Waals surface area contributed by atoms with Gasteiger partial charge in [-0.3, -0.25) is 0 Å². The summed E-state index contributed by atoms with van der Waals surface area (Å²) in [5.41, 5.74) is 4.20. The van der Waals surface area contributed by atoms with Gasteiger partial charge in [0.1, 0.15) is 0 Å². The van der Waals surface area contributed by atoms with Crippen molar-refractivity contribution in [3.8, 4) is 0 Å². The Bertz CT molecular complexity index is 798. The van der Waals surface area contributed by atoms with Crippen LogP contribution in [0.25, 0.3) is 0 Å². The van der Waals surface area contributed by atoms with E-state index in [1.54, 1.807) is 6.08 Å². The highest BCUT2D eigenvalue weighted by atomic mass is 14.2. The van der Waals surface area contributed by atoms with E-state index < -0.39 is 0 Å². The van der Waals surface area contributed by atoms with Gasteiger partial charge in [0.05, 0.1) is 11.6 Å². The molecule has 0 aliphatic heterocycles. The minimum absolute atomic E-state index is 0.198. The SMILES string of the molecule is C=C/C=C(C)/C=C/C(C)C.CC(=C[CH+]C(C)C)CC(C)(C)/C=C/C=C(C)/C=C/C(C)C.CC(C)/C=C/C(C)C. The van der Waals surface area contributed by atoms with Crippen molar-refractivity contribution >= 4 is 0 Å². The van der Waals surface area contributed by atoms with E-state index in [2.05, 4.69) is 178 Å². The molecule has 0 bridgehead atoms. The molecule has 0 saturated carbocycles. The van der Waals surface area contributed by atoms with Gasteiger partial charge < -0.3 is 0 Å². The summed E-state index contributed by atoms with van der Waals surface area (Å²) in [6.07, 6.45) is 29.4. The minimum Gasteiger partial charge on any atom is -0.0991 e. The van der Waals surface area contributed by atoms with Crippen LogP contribution >= 0.6 is 0 Å². The monoisotopic (exact) mass is 536 g/mol. The average Bonchev–Trinajstić information content (AvgIpc) is 2.79. The normalized spacial score (nSPS) is 13.9. The summed E-state index contributed by atoms with van der Waals surface area (Å²) in [4.78, 5) is 0. The van der Waals surface area contributed by atoms with Crippen molar-refractivity contribution in [1.29, 1.82) is 0 Å². The molecule has 0 amide bonds. The Kier molecular flexibility index (Phi) is 26.3. The van der Waals surface area contributed by atoms with Crippen LogP contribution in [0.3, 0.4) is 0 Å². The molecule has 0 saturated heterocycles. The van der Waals surface area contributed by atoms with Gasteiger partial charge in [0.2, 0.25) is 0 Å². The molecule has 222 valence electrons. The van der Waals surface area contributed by atoms with Crippen molar-refractivity contribution in [3.63, 3.8) is 0 Å². The van der Waals surface area contributed by atoms with Crippen molar-refractivity contribution in [1.82, 2.24) is 0 Å². The molecule has 39 heavy (non-hydrogen) atoms. The standard InChI is InChI=1S/C21H35.C10H16.C8H16/c1-17(2)11-13-19(5)10-9-15-21(7,8)16-20(6)14-12-18(3)4;1-5-6-10(4)8-7-9(2)3;1-7(2)5-6-8(3)4/h9-15,17-18H,16H2,1-8H3;5-9H,1H2,2-4H3;5-8H,1-4H3/q+1;;/b13-11+,15-9+,19-10+,20-14?;8-7+,10-6+;6-5+. The third-order valence-corrected chi connectivity index (χ3v) is 5.16. The Morgan fingerprint density at radius 2 is 1.08 bits per heavy atom. The van der Waals surface area contributed by atoms with Gasteiger partial charge in [-0.2, -0.15) is 0 Å². The number of allylic oxidation sites excluding steroid dienone is 15. The van der Waals surface area contributed by atoms with Crippen LogP contribution < -0.4 is 0 Å². The summed E-state index contributed by atoms with van der Waals surface area (Å²) < 4.78 is 0. The second kappa shape index (κ2) is 24.8. The largest absolute Gasteiger partial charge is 0.0991 e. The van der Waals surface area contributed by atoms with Gasteiger partial charge in [0.15, 0.2) is 0 Å². The Hall–Kier alpha value is -2.21. The van der Waals surface area contributed by atoms with Gasteiger partial charge in [0.25, 0.3) is 0 Å². The van der Waals surface area contributed by atoms with Crippen molar-refractivity contribution < 1.29 is 0 Å². The Balaban J connectivity index is -0.000000593. The summed E-state index contributed by atoms with van der Waals surface area (Å²) in [7, 11) is 0. The summed E-state index contributed by atoms with van der Waals surface area (Å²) in [6, 6.07) is 0. The minimum atomic E-state index is 0.198. The molecule has 0 aromatic heterocycles. The first-order chi connectivity index (χ1) is 17.9. The molecule has 0 rings (SSSR count). The molecule has 0 aliphatic rings. The molecule has 0 atom stereocenters. The third-order valence-electron chi connectivity index (χ3n) is 5.16. The summed E-state index contributed by atoms with van der Waals surface area (Å²) in [6.45, 7) is 36.6. The summed E-state index contributed by atoms with van der Waals surface area (Å²) >= 11 is 0. The van der Waals surface area contributed by atoms with Gasteiger partial charge in [0, 0.05) is 31.1 Å². The molecule has 0 aromatic carbocycles. The first-order valence-corrected chi connectivity index (χ1v) is 15.1.